The average molecular weight is 360 g/mol. The number of imide groups is 1. The van der Waals surface area contributed by atoms with Gasteiger partial charge in [-0.05, 0) is 31.2 Å². The first kappa shape index (κ1) is 21.4. The van der Waals surface area contributed by atoms with Gasteiger partial charge in [0, 0.05) is 25.1 Å². The molecule has 23 heavy (non-hydrogen) atoms. The first-order chi connectivity index (χ1) is 11.0. The minimum atomic E-state index is -0.234. The topological polar surface area (TPSA) is 79.2 Å². The van der Waals surface area contributed by atoms with Crippen LogP contribution in [0.4, 0.5) is 0 Å². The number of rotatable bonds is 4. The molecule has 3 N–H and O–H groups in total. The summed E-state index contributed by atoms with van der Waals surface area (Å²) in [7, 11) is 2.94. The van der Waals surface area contributed by atoms with E-state index in [1.807, 2.05) is 13.8 Å². The highest BCUT2D eigenvalue weighted by atomic mass is 35.5. The highest BCUT2D eigenvalue weighted by molar-refractivity contribution is 6.40. The Labute approximate surface area is 146 Å². The summed E-state index contributed by atoms with van der Waals surface area (Å²) in [6.45, 7) is 4.00. The van der Waals surface area contributed by atoms with Gasteiger partial charge in [0.2, 0.25) is 12.3 Å². The number of carbonyl (C=O) groups is 2. The molecule has 0 atom stereocenters. The molecular formula is C16H23Cl2N3O2. The molecule has 2 amide bonds. The molecule has 0 fully saturated rings. The van der Waals surface area contributed by atoms with Gasteiger partial charge in [-0.3, -0.25) is 14.5 Å². The van der Waals surface area contributed by atoms with Crippen molar-refractivity contribution in [2.24, 2.45) is 5.73 Å². The van der Waals surface area contributed by atoms with E-state index in [9.17, 15) is 9.59 Å². The predicted molar refractivity (Wildman–Crippen MR) is 96.9 cm³/mol. The first-order valence-electron chi connectivity index (χ1n) is 7.27. The third-order valence-corrected chi connectivity index (χ3v) is 3.61. The largest absolute Gasteiger partial charge is 0.360 e. The third kappa shape index (κ3) is 5.53. The van der Waals surface area contributed by atoms with Crippen LogP contribution in [0.5, 0.6) is 0 Å². The van der Waals surface area contributed by atoms with Crippen molar-refractivity contribution in [1.29, 1.82) is 0 Å². The fraction of sp³-hybridized carbons (Fsp3) is 0.375. The van der Waals surface area contributed by atoms with Crippen LogP contribution in [0.2, 0.25) is 10.0 Å². The molecule has 0 saturated heterocycles. The Morgan fingerprint density at radius 1 is 1.26 bits per heavy atom. The second-order valence-corrected chi connectivity index (χ2v) is 5.02. The summed E-state index contributed by atoms with van der Waals surface area (Å²) < 4.78 is 0. The van der Waals surface area contributed by atoms with Gasteiger partial charge in [-0.2, -0.15) is 0 Å². The number of carbonyl (C=O) groups excluding carboxylic acids is 2. The highest BCUT2D eigenvalue weighted by Gasteiger charge is 2.13. The Bertz CT molecular complexity index is 642. The lowest BCUT2D eigenvalue weighted by Gasteiger charge is -2.08. The molecule has 0 unspecified atom stereocenters. The molecular weight excluding hydrogens is 337 g/mol. The van der Waals surface area contributed by atoms with E-state index in [0.717, 1.165) is 21.4 Å². The van der Waals surface area contributed by atoms with E-state index in [4.69, 9.17) is 23.2 Å². The number of fused-ring (bicyclic) bond motifs is 1. The number of aromatic nitrogens is 1. The normalized spacial score (nSPS) is 9.35. The second kappa shape index (κ2) is 11.0. The van der Waals surface area contributed by atoms with Crippen LogP contribution >= 0.6 is 23.2 Å². The van der Waals surface area contributed by atoms with Crippen LogP contribution in [0.25, 0.3) is 10.9 Å². The van der Waals surface area contributed by atoms with Crippen LogP contribution in [0.3, 0.4) is 0 Å². The SMILES string of the molecule is CC.CN.CN(C=O)C(=O)CCc1c[nH]c2c(Cl)ccc(Cl)c12. The quantitative estimate of drug-likeness (QED) is 0.818. The predicted octanol–water partition coefficient (Wildman–Crippen LogP) is 3.62. The number of aromatic amines is 1. The zero-order valence-electron chi connectivity index (χ0n) is 13.8. The number of H-pyrrole nitrogens is 1. The van der Waals surface area contributed by atoms with Crippen molar-refractivity contribution in [3.63, 3.8) is 0 Å². The summed E-state index contributed by atoms with van der Waals surface area (Å²) in [6, 6.07) is 3.45. The minimum absolute atomic E-state index is 0.234. The van der Waals surface area contributed by atoms with Crippen molar-refractivity contribution in [2.75, 3.05) is 14.1 Å². The maximum Gasteiger partial charge on any atom is 0.229 e. The van der Waals surface area contributed by atoms with Crippen molar-refractivity contribution in [1.82, 2.24) is 9.88 Å². The molecule has 0 spiro atoms. The Kier molecular flexibility index (Phi) is 10.3. The number of hydrogen-bond acceptors (Lipinski definition) is 3. The molecule has 1 aromatic carbocycles. The maximum atomic E-state index is 11.6. The summed E-state index contributed by atoms with van der Waals surface area (Å²) in [5.41, 5.74) is 6.18. The van der Waals surface area contributed by atoms with Crippen LogP contribution in [0.15, 0.2) is 18.3 Å². The zero-order valence-corrected chi connectivity index (χ0v) is 15.3. The van der Waals surface area contributed by atoms with Crippen LogP contribution in [0.1, 0.15) is 25.8 Å². The van der Waals surface area contributed by atoms with Gasteiger partial charge in [-0.15, -0.1) is 0 Å². The lowest BCUT2D eigenvalue weighted by molar-refractivity contribution is -0.136. The van der Waals surface area contributed by atoms with Gasteiger partial charge >= 0.3 is 0 Å². The highest BCUT2D eigenvalue weighted by Crippen LogP contribution is 2.32. The average Bonchev–Trinajstić information content (AvgIpc) is 3.04. The van der Waals surface area contributed by atoms with E-state index in [1.165, 1.54) is 14.1 Å². The zero-order chi connectivity index (χ0) is 18.0. The Morgan fingerprint density at radius 3 is 2.39 bits per heavy atom. The van der Waals surface area contributed by atoms with Gasteiger partial charge in [-0.25, -0.2) is 0 Å². The van der Waals surface area contributed by atoms with E-state index in [-0.39, 0.29) is 12.3 Å². The van der Waals surface area contributed by atoms with E-state index in [2.05, 4.69) is 10.7 Å². The lowest BCUT2D eigenvalue weighted by Crippen LogP contribution is -2.24. The van der Waals surface area contributed by atoms with Crippen LogP contribution in [0, 0.1) is 0 Å². The molecule has 2 rings (SSSR count). The molecule has 2 aromatic rings. The molecule has 0 aliphatic carbocycles. The van der Waals surface area contributed by atoms with Gasteiger partial charge in [0.05, 0.1) is 15.6 Å². The minimum Gasteiger partial charge on any atom is -0.360 e. The summed E-state index contributed by atoms with van der Waals surface area (Å²) in [5, 5.41) is 2.00. The van der Waals surface area contributed by atoms with Crippen molar-refractivity contribution in [3.05, 3.63) is 33.9 Å². The number of benzene rings is 1. The summed E-state index contributed by atoms with van der Waals surface area (Å²) >= 11 is 12.2. The summed E-state index contributed by atoms with van der Waals surface area (Å²) in [6.07, 6.45) is 3.03. The van der Waals surface area contributed by atoms with Crippen LogP contribution in [-0.2, 0) is 16.0 Å². The Hall–Kier alpha value is -1.56. The van der Waals surface area contributed by atoms with Crippen molar-refractivity contribution >= 4 is 46.4 Å². The number of aryl methyl sites for hydroxylation is 1. The molecule has 5 nitrogen and oxygen atoms in total. The summed E-state index contributed by atoms with van der Waals surface area (Å²) in [4.78, 5) is 26.1. The van der Waals surface area contributed by atoms with Crippen LogP contribution < -0.4 is 5.73 Å². The smallest absolute Gasteiger partial charge is 0.229 e. The fourth-order valence-corrected chi connectivity index (χ4v) is 2.40. The van der Waals surface area contributed by atoms with Gasteiger partial charge < -0.3 is 10.7 Å². The van der Waals surface area contributed by atoms with Crippen molar-refractivity contribution in [2.45, 2.75) is 26.7 Å². The Balaban J connectivity index is 0.00000112. The van der Waals surface area contributed by atoms with Gasteiger partial charge in [0.25, 0.3) is 0 Å². The van der Waals surface area contributed by atoms with Gasteiger partial charge in [0.1, 0.15) is 0 Å². The molecule has 0 aliphatic rings. The van der Waals surface area contributed by atoms with Gasteiger partial charge in [-0.1, -0.05) is 37.0 Å². The molecule has 0 aliphatic heterocycles. The number of nitrogens with zero attached hydrogens (tertiary/aromatic N) is 1. The molecule has 7 heteroatoms. The molecule has 0 saturated carbocycles. The number of amides is 2. The molecule has 128 valence electrons. The fourth-order valence-electron chi connectivity index (χ4n) is 1.91. The Morgan fingerprint density at radius 2 is 1.83 bits per heavy atom. The maximum absolute atomic E-state index is 11.6. The number of halogens is 2. The second-order valence-electron chi connectivity index (χ2n) is 4.20. The van der Waals surface area contributed by atoms with Gasteiger partial charge in [0.15, 0.2) is 0 Å². The monoisotopic (exact) mass is 359 g/mol. The summed E-state index contributed by atoms with van der Waals surface area (Å²) in [5.74, 6) is -0.234. The standard InChI is InChI=1S/C13H12Cl2N2O2.C2H6.CH5N/c1-17(7-18)11(19)5-2-8-6-16-13-10(15)4-3-9(14)12(8)13;2*1-2/h3-4,6-7,16H,2,5H2,1H3;1-2H3;2H2,1H3. The van der Waals surface area contributed by atoms with Crippen LogP contribution in [-0.4, -0.2) is 36.3 Å². The van der Waals surface area contributed by atoms with E-state index in [0.29, 0.717) is 22.9 Å². The molecule has 0 radical (unpaired) electrons. The number of hydrogen-bond donors (Lipinski definition) is 2. The lowest BCUT2D eigenvalue weighted by atomic mass is 10.1. The van der Waals surface area contributed by atoms with E-state index < -0.39 is 0 Å². The number of nitrogens with two attached hydrogens (primary N) is 1. The van der Waals surface area contributed by atoms with Crippen molar-refractivity contribution < 1.29 is 9.59 Å². The van der Waals surface area contributed by atoms with E-state index >= 15 is 0 Å². The molecule has 1 aromatic heterocycles. The van der Waals surface area contributed by atoms with Crippen molar-refractivity contribution in [3.8, 4) is 0 Å². The van der Waals surface area contributed by atoms with E-state index in [1.54, 1.807) is 18.3 Å². The molecule has 0 bridgehead atoms. The number of nitrogens with one attached hydrogen (secondary N) is 1. The first-order valence-corrected chi connectivity index (χ1v) is 8.03. The molecule has 1 heterocycles. The third-order valence-electron chi connectivity index (χ3n) is 2.98.